The molecular weight excluding hydrogens is 220 g/mol. The van der Waals surface area contributed by atoms with Crippen molar-refractivity contribution >= 4 is 0 Å². The minimum Gasteiger partial charge on any atom is -0.329 e. The Morgan fingerprint density at radius 2 is 1.89 bits per heavy atom. The van der Waals surface area contributed by atoms with Gasteiger partial charge in [0.1, 0.15) is 0 Å². The van der Waals surface area contributed by atoms with E-state index in [2.05, 4.69) is 18.7 Å². The molecule has 104 valence electrons. The molecule has 0 spiro atoms. The largest absolute Gasteiger partial charge is 0.329 e. The van der Waals surface area contributed by atoms with E-state index in [0.29, 0.717) is 5.54 Å². The van der Waals surface area contributed by atoms with E-state index >= 15 is 0 Å². The Bertz CT molecular complexity index is 293. The van der Waals surface area contributed by atoms with E-state index in [1.165, 1.54) is 51.6 Å². The van der Waals surface area contributed by atoms with Crippen molar-refractivity contribution in [3.8, 4) is 0 Å². The number of nitrogens with zero attached hydrogens (tertiary/aromatic N) is 1. The quantitative estimate of drug-likeness (QED) is 0.834. The first-order valence-corrected chi connectivity index (χ1v) is 8.11. The highest BCUT2D eigenvalue weighted by Crippen LogP contribution is 2.53. The molecule has 2 aliphatic carbocycles. The van der Waals surface area contributed by atoms with E-state index in [1.54, 1.807) is 0 Å². The number of nitrogens with two attached hydrogens (primary N) is 1. The van der Waals surface area contributed by atoms with Gasteiger partial charge in [-0.15, -0.1) is 0 Å². The second-order valence-corrected chi connectivity index (χ2v) is 7.46. The lowest BCUT2D eigenvalue weighted by molar-refractivity contribution is 0.00786. The first-order chi connectivity index (χ1) is 8.65. The van der Waals surface area contributed by atoms with E-state index in [4.69, 9.17) is 5.73 Å². The van der Waals surface area contributed by atoms with Crippen molar-refractivity contribution in [2.75, 3.05) is 19.6 Å². The Hall–Kier alpha value is -0.0800. The maximum absolute atomic E-state index is 6.24. The highest BCUT2D eigenvalue weighted by Gasteiger charge is 2.53. The summed E-state index contributed by atoms with van der Waals surface area (Å²) in [5.74, 6) is 3.74. The van der Waals surface area contributed by atoms with Gasteiger partial charge in [0.25, 0.3) is 0 Å². The van der Waals surface area contributed by atoms with Crippen LogP contribution in [0.5, 0.6) is 0 Å². The lowest BCUT2D eigenvalue weighted by atomic mass is 9.77. The smallest absolute Gasteiger partial charge is 0.0362 e. The lowest BCUT2D eigenvalue weighted by Crippen LogP contribution is -2.59. The molecule has 2 heteroatoms. The third-order valence-corrected chi connectivity index (χ3v) is 6.41. The minimum absolute atomic E-state index is 0.408. The fourth-order valence-corrected chi connectivity index (χ4v) is 5.19. The molecule has 3 rings (SSSR count). The van der Waals surface area contributed by atoms with Crippen molar-refractivity contribution in [1.29, 1.82) is 0 Å². The van der Waals surface area contributed by atoms with Crippen molar-refractivity contribution in [2.45, 2.75) is 57.9 Å². The van der Waals surface area contributed by atoms with E-state index in [9.17, 15) is 0 Å². The molecule has 0 radical (unpaired) electrons. The highest BCUT2D eigenvalue weighted by molar-refractivity contribution is 5.08. The van der Waals surface area contributed by atoms with Gasteiger partial charge < -0.3 is 5.73 Å². The first kappa shape index (κ1) is 12.9. The van der Waals surface area contributed by atoms with Crippen LogP contribution in [0.2, 0.25) is 0 Å². The van der Waals surface area contributed by atoms with E-state index in [0.717, 1.165) is 30.2 Å². The fourth-order valence-electron chi connectivity index (χ4n) is 5.19. The van der Waals surface area contributed by atoms with Gasteiger partial charge in [0.2, 0.25) is 0 Å². The minimum atomic E-state index is 0.408. The van der Waals surface area contributed by atoms with Crippen molar-refractivity contribution < 1.29 is 0 Å². The van der Waals surface area contributed by atoms with Gasteiger partial charge in [-0.05, 0) is 68.9 Å². The second kappa shape index (κ2) is 4.79. The maximum atomic E-state index is 6.24. The van der Waals surface area contributed by atoms with Crippen LogP contribution in [0.25, 0.3) is 0 Å². The molecule has 0 amide bonds. The summed E-state index contributed by atoms with van der Waals surface area (Å²) in [4.78, 5) is 2.80. The van der Waals surface area contributed by atoms with Gasteiger partial charge in [-0.2, -0.15) is 0 Å². The van der Waals surface area contributed by atoms with Gasteiger partial charge in [0, 0.05) is 12.1 Å². The summed E-state index contributed by atoms with van der Waals surface area (Å²) in [6.07, 6.45) is 8.61. The van der Waals surface area contributed by atoms with E-state index in [-0.39, 0.29) is 0 Å². The van der Waals surface area contributed by atoms with Gasteiger partial charge in [-0.1, -0.05) is 20.3 Å². The van der Waals surface area contributed by atoms with E-state index < -0.39 is 0 Å². The molecule has 2 N–H and O–H groups in total. The monoisotopic (exact) mass is 250 g/mol. The number of hydrogen-bond donors (Lipinski definition) is 1. The number of likely N-dealkylation sites (tertiary alicyclic amines) is 1. The number of fused-ring (bicyclic) bond motifs is 2. The molecule has 0 aromatic carbocycles. The van der Waals surface area contributed by atoms with Crippen molar-refractivity contribution in [1.82, 2.24) is 4.90 Å². The third-order valence-electron chi connectivity index (χ3n) is 6.41. The molecule has 2 bridgehead atoms. The Kier molecular flexibility index (Phi) is 3.44. The zero-order valence-electron chi connectivity index (χ0n) is 12.2. The topological polar surface area (TPSA) is 29.3 Å². The number of rotatable bonds is 3. The highest BCUT2D eigenvalue weighted by atomic mass is 15.2. The zero-order valence-corrected chi connectivity index (χ0v) is 12.2. The van der Waals surface area contributed by atoms with Gasteiger partial charge in [-0.25, -0.2) is 0 Å². The van der Waals surface area contributed by atoms with Gasteiger partial charge in [0.05, 0.1) is 0 Å². The first-order valence-electron chi connectivity index (χ1n) is 8.11. The Balaban J connectivity index is 1.68. The van der Waals surface area contributed by atoms with Crippen LogP contribution in [0.4, 0.5) is 0 Å². The van der Waals surface area contributed by atoms with E-state index in [1.807, 2.05) is 0 Å². The molecule has 0 aromatic rings. The molecule has 3 atom stereocenters. The molecule has 2 nitrogen and oxygen atoms in total. The molecule has 2 saturated carbocycles. The van der Waals surface area contributed by atoms with Crippen LogP contribution in [-0.4, -0.2) is 30.1 Å². The average molecular weight is 250 g/mol. The fraction of sp³-hybridized carbons (Fsp3) is 1.00. The van der Waals surface area contributed by atoms with Crippen LogP contribution in [0.3, 0.4) is 0 Å². The van der Waals surface area contributed by atoms with Crippen molar-refractivity contribution in [2.24, 2.45) is 29.4 Å². The Labute approximate surface area is 112 Å². The maximum Gasteiger partial charge on any atom is 0.0362 e. The predicted octanol–water partition coefficient (Wildman–Crippen LogP) is 2.87. The summed E-state index contributed by atoms with van der Waals surface area (Å²) in [5.41, 5.74) is 6.65. The molecule has 1 saturated heterocycles. The molecule has 3 aliphatic rings. The SMILES string of the molecule is CC(C)C1CCN(C2(CN)CC3CCC2C3)CC1. The summed E-state index contributed by atoms with van der Waals surface area (Å²) < 4.78 is 0. The summed E-state index contributed by atoms with van der Waals surface area (Å²) in [5, 5.41) is 0. The molecule has 3 fully saturated rings. The van der Waals surface area contributed by atoms with Crippen molar-refractivity contribution in [3.05, 3.63) is 0 Å². The van der Waals surface area contributed by atoms with Crippen LogP contribution in [0.15, 0.2) is 0 Å². The lowest BCUT2D eigenvalue weighted by Gasteiger charge is -2.49. The zero-order chi connectivity index (χ0) is 12.8. The van der Waals surface area contributed by atoms with Crippen LogP contribution < -0.4 is 5.73 Å². The molecular formula is C16H30N2. The van der Waals surface area contributed by atoms with Crippen LogP contribution in [0.1, 0.15) is 52.4 Å². The summed E-state index contributed by atoms with van der Waals surface area (Å²) in [6.45, 7) is 8.29. The molecule has 3 unspecified atom stereocenters. The van der Waals surface area contributed by atoms with Crippen LogP contribution >= 0.6 is 0 Å². The Morgan fingerprint density at radius 3 is 2.33 bits per heavy atom. The summed E-state index contributed by atoms with van der Waals surface area (Å²) in [6, 6.07) is 0. The average Bonchev–Trinajstić information content (AvgIpc) is 2.99. The third kappa shape index (κ3) is 1.92. The molecule has 1 heterocycles. The number of piperidine rings is 1. The Morgan fingerprint density at radius 1 is 1.17 bits per heavy atom. The van der Waals surface area contributed by atoms with Crippen molar-refractivity contribution in [3.63, 3.8) is 0 Å². The number of hydrogen-bond acceptors (Lipinski definition) is 2. The normalized spacial score (nSPS) is 42.0. The second-order valence-electron chi connectivity index (χ2n) is 7.46. The molecule has 18 heavy (non-hydrogen) atoms. The summed E-state index contributed by atoms with van der Waals surface area (Å²) >= 11 is 0. The predicted molar refractivity (Wildman–Crippen MR) is 76.4 cm³/mol. The van der Waals surface area contributed by atoms with Crippen LogP contribution in [0, 0.1) is 23.7 Å². The summed E-state index contributed by atoms with van der Waals surface area (Å²) in [7, 11) is 0. The molecule has 0 aromatic heterocycles. The standard InChI is InChI=1S/C16H30N2/c1-12(2)14-5-7-18(8-6-14)16(11-17)10-13-3-4-15(16)9-13/h12-15H,3-11,17H2,1-2H3. The van der Waals surface area contributed by atoms with Gasteiger partial charge >= 0.3 is 0 Å². The van der Waals surface area contributed by atoms with Crippen LogP contribution in [-0.2, 0) is 0 Å². The molecule has 1 aliphatic heterocycles. The van der Waals surface area contributed by atoms with Gasteiger partial charge in [0.15, 0.2) is 0 Å². The van der Waals surface area contributed by atoms with Gasteiger partial charge in [-0.3, -0.25) is 4.90 Å².